The van der Waals surface area contributed by atoms with E-state index in [1.807, 2.05) is 0 Å². The maximum atomic E-state index is 4.97. The number of ether oxygens (including phenoxy) is 1. The van der Waals surface area contributed by atoms with Gasteiger partial charge >= 0.3 is 0 Å². The lowest BCUT2D eigenvalue weighted by molar-refractivity contribution is 0.184. The largest absolute Gasteiger partial charge is 0.377 e. The van der Waals surface area contributed by atoms with Gasteiger partial charge in [-0.3, -0.25) is 0 Å². The van der Waals surface area contributed by atoms with E-state index >= 15 is 0 Å². The van der Waals surface area contributed by atoms with Gasteiger partial charge in [-0.1, -0.05) is 18.3 Å². The Balaban J connectivity index is 2.56. The first-order chi connectivity index (χ1) is 6.27. The number of hydrogen-bond donors (Lipinski definition) is 1. The second kappa shape index (κ2) is 5.26. The van der Waals surface area contributed by atoms with Crippen molar-refractivity contribution in [2.75, 3.05) is 13.7 Å². The van der Waals surface area contributed by atoms with Crippen molar-refractivity contribution in [2.45, 2.75) is 26.5 Å². The first kappa shape index (κ1) is 10.6. The van der Waals surface area contributed by atoms with Crippen LogP contribution < -0.4 is 5.32 Å². The van der Waals surface area contributed by atoms with Gasteiger partial charge in [0.25, 0.3) is 0 Å². The lowest BCUT2D eigenvalue weighted by Gasteiger charge is -2.06. The van der Waals surface area contributed by atoms with E-state index in [0.717, 1.165) is 16.6 Å². The third kappa shape index (κ3) is 3.02. The van der Waals surface area contributed by atoms with E-state index in [2.05, 4.69) is 29.4 Å². The zero-order chi connectivity index (χ0) is 9.68. The van der Waals surface area contributed by atoms with Crippen LogP contribution in [0.15, 0.2) is 0 Å². The van der Waals surface area contributed by atoms with Crippen LogP contribution in [-0.2, 0) is 11.3 Å². The summed E-state index contributed by atoms with van der Waals surface area (Å²) in [5.41, 5.74) is 0. The van der Waals surface area contributed by atoms with Crippen molar-refractivity contribution in [3.05, 3.63) is 10.0 Å². The molecule has 5 heteroatoms. The molecular formula is C8H15N3OS. The molecule has 0 saturated heterocycles. The fourth-order valence-corrected chi connectivity index (χ4v) is 1.86. The molecule has 0 fully saturated rings. The summed E-state index contributed by atoms with van der Waals surface area (Å²) in [7, 11) is 1.66. The molecule has 1 aromatic rings. The molecule has 0 aliphatic rings. The Kier molecular flexibility index (Phi) is 4.27. The third-order valence-electron chi connectivity index (χ3n) is 1.63. The van der Waals surface area contributed by atoms with E-state index in [9.17, 15) is 0 Å². The highest BCUT2D eigenvalue weighted by atomic mass is 32.1. The maximum absolute atomic E-state index is 4.97. The summed E-state index contributed by atoms with van der Waals surface area (Å²) < 4.78 is 4.97. The Morgan fingerprint density at radius 2 is 2.31 bits per heavy atom. The molecule has 0 spiro atoms. The molecule has 13 heavy (non-hydrogen) atoms. The number of rotatable bonds is 5. The summed E-state index contributed by atoms with van der Waals surface area (Å²) in [6.45, 7) is 5.66. The fraction of sp³-hybridized carbons (Fsp3) is 0.750. The van der Waals surface area contributed by atoms with Crippen molar-refractivity contribution < 1.29 is 4.74 Å². The predicted octanol–water partition coefficient (Wildman–Crippen LogP) is 1.35. The zero-order valence-electron chi connectivity index (χ0n) is 8.20. The summed E-state index contributed by atoms with van der Waals surface area (Å²) in [4.78, 5) is 0. The molecule has 74 valence electrons. The molecule has 0 radical (unpaired) electrons. The van der Waals surface area contributed by atoms with Gasteiger partial charge in [-0.05, 0) is 13.5 Å². The highest BCUT2D eigenvalue weighted by molar-refractivity contribution is 7.11. The van der Waals surface area contributed by atoms with E-state index in [1.54, 1.807) is 18.4 Å². The lowest BCUT2D eigenvalue weighted by atomic mass is 10.3. The number of hydrogen-bond acceptors (Lipinski definition) is 5. The third-order valence-corrected chi connectivity index (χ3v) is 2.71. The predicted molar refractivity (Wildman–Crippen MR) is 52.7 cm³/mol. The van der Waals surface area contributed by atoms with Gasteiger partial charge in [0.1, 0.15) is 10.0 Å². The van der Waals surface area contributed by atoms with Crippen LogP contribution in [0.1, 0.15) is 29.9 Å². The van der Waals surface area contributed by atoms with E-state index in [0.29, 0.717) is 6.61 Å². The van der Waals surface area contributed by atoms with Gasteiger partial charge in [0.05, 0.1) is 12.6 Å². The van der Waals surface area contributed by atoms with Crippen LogP contribution in [0.25, 0.3) is 0 Å². The van der Waals surface area contributed by atoms with E-state index in [-0.39, 0.29) is 6.04 Å². The normalized spacial score (nSPS) is 13.2. The minimum absolute atomic E-state index is 0.285. The Hall–Kier alpha value is -0.520. The molecule has 0 amide bonds. The molecule has 1 aromatic heterocycles. The van der Waals surface area contributed by atoms with Gasteiger partial charge in [0.15, 0.2) is 0 Å². The summed E-state index contributed by atoms with van der Waals surface area (Å²) in [6.07, 6.45) is 0. The van der Waals surface area contributed by atoms with Crippen LogP contribution >= 0.6 is 11.3 Å². The second-order valence-electron chi connectivity index (χ2n) is 2.75. The van der Waals surface area contributed by atoms with Crippen molar-refractivity contribution in [3.8, 4) is 0 Å². The van der Waals surface area contributed by atoms with Crippen LogP contribution in [0, 0.1) is 0 Å². The first-order valence-corrected chi connectivity index (χ1v) is 5.14. The molecule has 0 aliphatic carbocycles. The molecule has 1 heterocycles. The Morgan fingerprint density at radius 1 is 1.54 bits per heavy atom. The average molecular weight is 201 g/mol. The minimum atomic E-state index is 0.285. The van der Waals surface area contributed by atoms with Crippen molar-refractivity contribution in [3.63, 3.8) is 0 Å². The maximum Gasteiger partial charge on any atom is 0.143 e. The Bertz CT molecular complexity index is 251. The molecule has 0 saturated carbocycles. The van der Waals surface area contributed by atoms with Gasteiger partial charge in [-0.15, -0.1) is 10.2 Å². The summed E-state index contributed by atoms with van der Waals surface area (Å²) in [5.74, 6) is 0. The Morgan fingerprint density at radius 3 is 2.92 bits per heavy atom. The van der Waals surface area contributed by atoms with Crippen molar-refractivity contribution in [2.24, 2.45) is 0 Å². The quantitative estimate of drug-likeness (QED) is 0.781. The van der Waals surface area contributed by atoms with Crippen LogP contribution in [0.5, 0.6) is 0 Å². The number of methoxy groups -OCH3 is 1. The molecule has 0 aliphatic heterocycles. The zero-order valence-corrected chi connectivity index (χ0v) is 9.02. The van der Waals surface area contributed by atoms with Crippen molar-refractivity contribution in [1.82, 2.24) is 15.5 Å². The monoisotopic (exact) mass is 201 g/mol. The molecule has 4 nitrogen and oxygen atoms in total. The van der Waals surface area contributed by atoms with Crippen LogP contribution in [0.2, 0.25) is 0 Å². The lowest BCUT2D eigenvalue weighted by Crippen LogP contribution is -2.17. The molecule has 1 N–H and O–H groups in total. The van der Waals surface area contributed by atoms with Gasteiger partial charge in [-0.2, -0.15) is 0 Å². The fourth-order valence-electron chi connectivity index (χ4n) is 1.02. The number of nitrogens with one attached hydrogen (secondary N) is 1. The van der Waals surface area contributed by atoms with Crippen LogP contribution in [0.3, 0.4) is 0 Å². The van der Waals surface area contributed by atoms with Crippen molar-refractivity contribution in [1.29, 1.82) is 0 Å². The smallest absolute Gasteiger partial charge is 0.143 e. The molecule has 0 aromatic carbocycles. The molecule has 0 bridgehead atoms. The van der Waals surface area contributed by atoms with Gasteiger partial charge < -0.3 is 10.1 Å². The first-order valence-electron chi connectivity index (χ1n) is 4.32. The van der Waals surface area contributed by atoms with E-state index in [4.69, 9.17) is 4.74 Å². The van der Waals surface area contributed by atoms with Gasteiger partial charge in [0.2, 0.25) is 0 Å². The van der Waals surface area contributed by atoms with Gasteiger partial charge in [-0.25, -0.2) is 0 Å². The number of aromatic nitrogens is 2. The topological polar surface area (TPSA) is 47.0 Å². The molecular weight excluding hydrogens is 186 g/mol. The molecule has 1 rings (SSSR count). The summed E-state index contributed by atoms with van der Waals surface area (Å²) in [5, 5.41) is 13.3. The van der Waals surface area contributed by atoms with Crippen LogP contribution in [-0.4, -0.2) is 23.9 Å². The van der Waals surface area contributed by atoms with Crippen molar-refractivity contribution >= 4 is 11.3 Å². The highest BCUT2D eigenvalue weighted by Crippen LogP contribution is 2.17. The summed E-state index contributed by atoms with van der Waals surface area (Å²) >= 11 is 1.60. The summed E-state index contributed by atoms with van der Waals surface area (Å²) in [6, 6.07) is 0.285. The average Bonchev–Trinajstić information content (AvgIpc) is 2.54. The molecule has 1 atom stereocenters. The second-order valence-corrected chi connectivity index (χ2v) is 3.84. The van der Waals surface area contributed by atoms with Crippen LogP contribution in [0.4, 0.5) is 0 Å². The SMILES string of the molecule is CCNC(C)c1nnc(COC)s1. The highest BCUT2D eigenvalue weighted by Gasteiger charge is 2.09. The standard InChI is InChI=1S/C8H15N3OS/c1-4-9-6(2)8-11-10-7(13-8)5-12-3/h6,9H,4-5H2,1-3H3. The van der Waals surface area contributed by atoms with Gasteiger partial charge in [0, 0.05) is 7.11 Å². The number of nitrogens with zero attached hydrogens (tertiary/aromatic N) is 2. The van der Waals surface area contributed by atoms with E-state index in [1.165, 1.54) is 0 Å². The molecule has 1 unspecified atom stereocenters. The Labute approximate surface area is 82.3 Å². The minimum Gasteiger partial charge on any atom is -0.377 e. The van der Waals surface area contributed by atoms with E-state index < -0.39 is 0 Å².